The maximum absolute atomic E-state index is 3.62. The fourth-order valence-electron chi connectivity index (χ4n) is 3.44. The number of piperidine rings is 1. The van der Waals surface area contributed by atoms with Crippen LogP contribution in [0.25, 0.3) is 0 Å². The van der Waals surface area contributed by atoms with Crippen LogP contribution in [0.5, 0.6) is 0 Å². The molecule has 3 saturated heterocycles. The molecule has 7 heteroatoms. The summed E-state index contributed by atoms with van der Waals surface area (Å²) in [5, 5.41) is 24.6. The van der Waals surface area contributed by atoms with E-state index in [1.165, 1.54) is 12.8 Å². The molecule has 5 atom stereocenters. The average Bonchev–Trinajstić information content (AvgIpc) is 2.98. The van der Waals surface area contributed by atoms with E-state index in [-0.39, 0.29) is 0 Å². The van der Waals surface area contributed by atoms with Crippen LogP contribution in [0.3, 0.4) is 0 Å². The van der Waals surface area contributed by atoms with Crippen molar-refractivity contribution in [1.82, 2.24) is 37.2 Å². The highest BCUT2D eigenvalue weighted by Gasteiger charge is 2.35. The minimum atomic E-state index is 0.347. The second-order valence-corrected chi connectivity index (χ2v) is 6.56. The third kappa shape index (κ3) is 4.35. The summed E-state index contributed by atoms with van der Waals surface area (Å²) in [6, 6.07) is 0.424. The van der Waals surface area contributed by atoms with E-state index in [4.69, 9.17) is 0 Å². The van der Waals surface area contributed by atoms with Crippen molar-refractivity contribution in [3.05, 3.63) is 0 Å². The molecule has 21 heavy (non-hydrogen) atoms. The van der Waals surface area contributed by atoms with Crippen LogP contribution in [0.1, 0.15) is 26.2 Å². The molecule has 122 valence electrons. The highest BCUT2D eigenvalue weighted by molar-refractivity contribution is 4.96. The van der Waals surface area contributed by atoms with Crippen molar-refractivity contribution in [2.75, 3.05) is 33.0 Å². The molecule has 0 aromatic carbocycles. The van der Waals surface area contributed by atoms with Gasteiger partial charge in [-0.3, -0.25) is 21.3 Å². The van der Waals surface area contributed by atoms with E-state index < -0.39 is 0 Å². The molecule has 3 aliphatic heterocycles. The number of nitrogens with one attached hydrogen (secondary N) is 7. The van der Waals surface area contributed by atoms with Crippen molar-refractivity contribution in [1.29, 1.82) is 0 Å². The third-order valence-electron chi connectivity index (χ3n) is 4.79. The first-order valence-corrected chi connectivity index (χ1v) is 8.46. The minimum absolute atomic E-state index is 0.347. The molecule has 0 spiro atoms. The standard InChI is InChI=1S/C14H31N7/c1-10-3-4-11(17-7-10)15-5-2-6-16-13-12-14(19-8-18-12)21-9-20-13/h10-21H,2-9H2,1H3. The molecule has 0 radical (unpaired) electrons. The Morgan fingerprint density at radius 2 is 1.71 bits per heavy atom. The van der Waals surface area contributed by atoms with Gasteiger partial charge in [0.25, 0.3) is 0 Å². The lowest BCUT2D eigenvalue weighted by Crippen LogP contribution is -2.68. The van der Waals surface area contributed by atoms with Gasteiger partial charge in [0.2, 0.25) is 0 Å². The summed E-state index contributed by atoms with van der Waals surface area (Å²) in [7, 11) is 0. The van der Waals surface area contributed by atoms with E-state index in [2.05, 4.69) is 44.1 Å². The number of fused-ring (bicyclic) bond motifs is 1. The molecule has 3 aliphatic rings. The second kappa shape index (κ2) is 7.82. The highest BCUT2D eigenvalue weighted by Crippen LogP contribution is 2.11. The lowest BCUT2D eigenvalue weighted by atomic mass is 10.00. The van der Waals surface area contributed by atoms with Gasteiger partial charge < -0.3 is 16.0 Å². The Morgan fingerprint density at radius 1 is 0.905 bits per heavy atom. The van der Waals surface area contributed by atoms with E-state index in [0.717, 1.165) is 45.3 Å². The SMILES string of the molecule is CC1CCC(NCCCNC2NCNC3NCNC23)NC1. The first kappa shape index (κ1) is 15.6. The van der Waals surface area contributed by atoms with Gasteiger partial charge in [-0.2, -0.15) is 0 Å². The number of rotatable bonds is 6. The average molecular weight is 297 g/mol. The largest absolute Gasteiger partial charge is 0.302 e. The Kier molecular flexibility index (Phi) is 5.82. The van der Waals surface area contributed by atoms with Crippen molar-refractivity contribution in [3.63, 3.8) is 0 Å². The van der Waals surface area contributed by atoms with Crippen LogP contribution in [0.4, 0.5) is 0 Å². The monoisotopic (exact) mass is 297 g/mol. The van der Waals surface area contributed by atoms with Gasteiger partial charge in [-0.25, -0.2) is 0 Å². The summed E-state index contributed by atoms with van der Waals surface area (Å²) >= 11 is 0. The lowest BCUT2D eigenvalue weighted by molar-refractivity contribution is 0.233. The van der Waals surface area contributed by atoms with E-state index in [1.54, 1.807) is 0 Å². The quantitative estimate of drug-likeness (QED) is 0.292. The van der Waals surface area contributed by atoms with Crippen LogP contribution in [0, 0.1) is 5.92 Å². The molecule has 7 N–H and O–H groups in total. The lowest BCUT2D eigenvalue weighted by Gasteiger charge is -2.35. The van der Waals surface area contributed by atoms with Crippen molar-refractivity contribution in [3.8, 4) is 0 Å². The van der Waals surface area contributed by atoms with Crippen LogP contribution in [0.2, 0.25) is 0 Å². The molecule has 0 saturated carbocycles. The molecule has 0 aromatic heterocycles. The molecule has 3 rings (SSSR count). The molecule has 0 aliphatic carbocycles. The van der Waals surface area contributed by atoms with Crippen LogP contribution in [-0.2, 0) is 0 Å². The molecule has 0 bridgehead atoms. The summed E-state index contributed by atoms with van der Waals surface area (Å²) in [4.78, 5) is 0. The third-order valence-corrected chi connectivity index (χ3v) is 4.79. The van der Waals surface area contributed by atoms with Crippen LogP contribution >= 0.6 is 0 Å². The Balaban J connectivity index is 1.26. The van der Waals surface area contributed by atoms with Gasteiger partial charge in [-0.15, -0.1) is 0 Å². The van der Waals surface area contributed by atoms with Crippen LogP contribution in [-0.4, -0.2) is 57.5 Å². The van der Waals surface area contributed by atoms with Gasteiger partial charge >= 0.3 is 0 Å². The van der Waals surface area contributed by atoms with Gasteiger partial charge in [0.05, 0.1) is 24.5 Å². The van der Waals surface area contributed by atoms with Crippen molar-refractivity contribution >= 4 is 0 Å². The fraction of sp³-hybridized carbons (Fsp3) is 1.00. The Bertz CT molecular complexity index is 306. The van der Waals surface area contributed by atoms with Crippen LogP contribution in [0.15, 0.2) is 0 Å². The summed E-state index contributed by atoms with van der Waals surface area (Å²) in [6.45, 7) is 7.32. The molecule has 7 nitrogen and oxygen atoms in total. The Labute approximate surface area is 127 Å². The molecule has 5 unspecified atom stereocenters. The Morgan fingerprint density at radius 3 is 2.52 bits per heavy atom. The van der Waals surface area contributed by atoms with Crippen LogP contribution < -0.4 is 37.2 Å². The second-order valence-electron chi connectivity index (χ2n) is 6.56. The zero-order chi connectivity index (χ0) is 14.5. The summed E-state index contributed by atoms with van der Waals surface area (Å²) in [5.41, 5.74) is 0. The minimum Gasteiger partial charge on any atom is -0.302 e. The zero-order valence-corrected chi connectivity index (χ0v) is 13.0. The van der Waals surface area contributed by atoms with Crippen molar-refractivity contribution < 1.29 is 0 Å². The molecule has 0 aromatic rings. The first-order chi connectivity index (χ1) is 10.3. The summed E-state index contributed by atoms with van der Waals surface area (Å²) < 4.78 is 0. The van der Waals surface area contributed by atoms with E-state index in [1.807, 2.05) is 0 Å². The summed E-state index contributed by atoms with van der Waals surface area (Å²) in [5.74, 6) is 0.830. The predicted molar refractivity (Wildman–Crippen MR) is 84.5 cm³/mol. The topological polar surface area (TPSA) is 84.2 Å². The first-order valence-electron chi connectivity index (χ1n) is 8.46. The van der Waals surface area contributed by atoms with E-state index in [0.29, 0.717) is 24.5 Å². The predicted octanol–water partition coefficient (Wildman–Crippen LogP) is -1.78. The van der Waals surface area contributed by atoms with Gasteiger partial charge in [0.15, 0.2) is 0 Å². The van der Waals surface area contributed by atoms with E-state index >= 15 is 0 Å². The molecule has 0 amide bonds. The number of hydrogen-bond acceptors (Lipinski definition) is 7. The highest BCUT2D eigenvalue weighted by atomic mass is 15.4. The van der Waals surface area contributed by atoms with Gasteiger partial charge in [-0.1, -0.05) is 6.92 Å². The normalized spacial score (nSPS) is 40.1. The summed E-state index contributed by atoms with van der Waals surface area (Å²) in [6.07, 6.45) is 5.00. The Hall–Kier alpha value is -0.280. The molecule has 3 heterocycles. The molecular formula is C14H31N7. The van der Waals surface area contributed by atoms with Gasteiger partial charge in [0.1, 0.15) is 0 Å². The molecule has 3 fully saturated rings. The van der Waals surface area contributed by atoms with Gasteiger partial charge in [0, 0.05) is 13.3 Å². The van der Waals surface area contributed by atoms with Crippen molar-refractivity contribution in [2.45, 2.75) is 50.7 Å². The van der Waals surface area contributed by atoms with Gasteiger partial charge in [-0.05, 0) is 44.8 Å². The smallest absolute Gasteiger partial charge is 0.0778 e. The van der Waals surface area contributed by atoms with E-state index in [9.17, 15) is 0 Å². The molecular weight excluding hydrogens is 266 g/mol. The van der Waals surface area contributed by atoms with Crippen molar-refractivity contribution in [2.24, 2.45) is 5.92 Å². The maximum Gasteiger partial charge on any atom is 0.0778 e. The zero-order valence-electron chi connectivity index (χ0n) is 13.0. The maximum atomic E-state index is 3.62. The fourth-order valence-corrected chi connectivity index (χ4v) is 3.44. The number of hydrogen-bond donors (Lipinski definition) is 7.